The molecule has 2 N–H and O–H groups in total. The number of hydrogen-bond donors (Lipinski definition) is 1. The number of aryl methyl sites for hydroxylation is 2. The number of hydrogen-bond acceptors (Lipinski definition) is 2. The highest BCUT2D eigenvalue weighted by Crippen LogP contribution is 2.34. The molecule has 1 atom stereocenters. The Balaban J connectivity index is 2.20. The van der Waals surface area contributed by atoms with Gasteiger partial charge in [-0.1, -0.05) is 17.7 Å². The van der Waals surface area contributed by atoms with E-state index in [-0.39, 0.29) is 0 Å². The van der Waals surface area contributed by atoms with E-state index >= 15 is 0 Å². The van der Waals surface area contributed by atoms with Gasteiger partial charge < -0.3 is 10.6 Å². The van der Waals surface area contributed by atoms with Crippen molar-refractivity contribution in [3.05, 3.63) is 28.3 Å². The maximum atomic E-state index is 6.43. The average molecular weight is 267 g/mol. The lowest BCUT2D eigenvalue weighted by molar-refractivity contribution is 0.396. The molecule has 0 amide bonds. The van der Waals surface area contributed by atoms with E-state index in [1.54, 1.807) is 0 Å². The van der Waals surface area contributed by atoms with Crippen LogP contribution in [0, 0.1) is 19.8 Å². The maximum absolute atomic E-state index is 6.43. The summed E-state index contributed by atoms with van der Waals surface area (Å²) in [7, 11) is 0. The highest BCUT2D eigenvalue weighted by molar-refractivity contribution is 6.33. The molecule has 1 heterocycles. The van der Waals surface area contributed by atoms with Gasteiger partial charge in [0, 0.05) is 13.1 Å². The van der Waals surface area contributed by atoms with E-state index in [0.717, 1.165) is 37.0 Å². The zero-order chi connectivity index (χ0) is 13.1. The summed E-state index contributed by atoms with van der Waals surface area (Å²) in [6.45, 7) is 7.25. The summed E-state index contributed by atoms with van der Waals surface area (Å²) in [4.78, 5) is 2.45. The van der Waals surface area contributed by atoms with Crippen molar-refractivity contribution >= 4 is 17.3 Å². The molecule has 0 radical (unpaired) electrons. The Bertz CT molecular complexity index is 392. The molecule has 1 aliphatic rings. The maximum Gasteiger partial charge on any atom is 0.0644 e. The first kappa shape index (κ1) is 13.7. The summed E-state index contributed by atoms with van der Waals surface area (Å²) in [5.41, 5.74) is 9.42. The summed E-state index contributed by atoms with van der Waals surface area (Å²) in [5.74, 6) is 0.723. The summed E-state index contributed by atoms with van der Waals surface area (Å²) in [5, 5.41) is 0.890. The van der Waals surface area contributed by atoms with E-state index in [1.165, 1.54) is 29.7 Å². The van der Waals surface area contributed by atoms with Crippen molar-refractivity contribution < 1.29 is 0 Å². The third kappa shape index (κ3) is 2.99. The van der Waals surface area contributed by atoms with Gasteiger partial charge in [-0.25, -0.2) is 0 Å². The number of halogens is 1. The molecule has 2 nitrogen and oxygen atoms in total. The molecule has 0 aliphatic carbocycles. The monoisotopic (exact) mass is 266 g/mol. The van der Waals surface area contributed by atoms with Crippen molar-refractivity contribution in [3.8, 4) is 0 Å². The van der Waals surface area contributed by atoms with Gasteiger partial charge in [-0.15, -0.1) is 0 Å². The fraction of sp³-hybridized carbons (Fsp3) is 0.600. The number of nitrogens with two attached hydrogens (primary N) is 1. The van der Waals surface area contributed by atoms with Crippen molar-refractivity contribution in [1.82, 2.24) is 0 Å². The Morgan fingerprint density at radius 3 is 2.83 bits per heavy atom. The van der Waals surface area contributed by atoms with Crippen LogP contribution in [0.1, 0.15) is 30.4 Å². The second-order valence-corrected chi connectivity index (χ2v) is 5.85. The van der Waals surface area contributed by atoms with Gasteiger partial charge in [-0.05, 0) is 62.8 Å². The van der Waals surface area contributed by atoms with Crippen LogP contribution in [0.15, 0.2) is 12.1 Å². The lowest BCUT2D eigenvalue weighted by Crippen LogP contribution is -2.36. The van der Waals surface area contributed by atoms with Crippen LogP contribution in [0.5, 0.6) is 0 Å². The third-order valence-corrected chi connectivity index (χ3v) is 4.10. The van der Waals surface area contributed by atoms with E-state index in [9.17, 15) is 0 Å². The Labute approximate surface area is 115 Å². The number of nitrogens with zero attached hydrogens (tertiary/aromatic N) is 1. The number of benzene rings is 1. The zero-order valence-corrected chi connectivity index (χ0v) is 12.1. The minimum atomic E-state index is 0.723. The largest absolute Gasteiger partial charge is 0.370 e. The SMILES string of the molecule is Cc1cc(C)c(N2CCCC(CCN)C2)c(Cl)c1. The normalized spacial score (nSPS) is 20.2. The minimum absolute atomic E-state index is 0.723. The summed E-state index contributed by atoms with van der Waals surface area (Å²) in [6, 6.07) is 4.28. The summed E-state index contributed by atoms with van der Waals surface area (Å²) < 4.78 is 0. The van der Waals surface area contributed by atoms with E-state index in [0.29, 0.717) is 0 Å². The van der Waals surface area contributed by atoms with E-state index < -0.39 is 0 Å². The minimum Gasteiger partial charge on any atom is -0.370 e. The topological polar surface area (TPSA) is 29.3 Å². The van der Waals surface area contributed by atoms with Crippen LogP contribution in [0.25, 0.3) is 0 Å². The number of piperidine rings is 1. The van der Waals surface area contributed by atoms with Gasteiger partial charge in [0.2, 0.25) is 0 Å². The Hall–Kier alpha value is -0.730. The van der Waals surface area contributed by atoms with Gasteiger partial charge in [0.25, 0.3) is 0 Å². The lowest BCUT2D eigenvalue weighted by Gasteiger charge is -2.36. The predicted octanol–water partition coefficient (Wildman–Crippen LogP) is 3.52. The molecule has 1 saturated heterocycles. The Kier molecular flexibility index (Phi) is 4.52. The first-order chi connectivity index (χ1) is 8.61. The lowest BCUT2D eigenvalue weighted by atomic mass is 9.94. The zero-order valence-electron chi connectivity index (χ0n) is 11.4. The van der Waals surface area contributed by atoms with Gasteiger partial charge in [-0.3, -0.25) is 0 Å². The fourth-order valence-electron chi connectivity index (χ4n) is 3.05. The molecular weight excluding hydrogens is 244 g/mol. The molecule has 100 valence electrons. The van der Waals surface area contributed by atoms with Gasteiger partial charge in [0.15, 0.2) is 0 Å². The Morgan fingerprint density at radius 2 is 2.17 bits per heavy atom. The van der Waals surface area contributed by atoms with E-state index in [2.05, 4.69) is 30.9 Å². The van der Waals surface area contributed by atoms with Crippen LogP contribution in [-0.4, -0.2) is 19.6 Å². The smallest absolute Gasteiger partial charge is 0.0644 e. The van der Waals surface area contributed by atoms with Crippen molar-refractivity contribution in [3.63, 3.8) is 0 Å². The van der Waals surface area contributed by atoms with Gasteiger partial charge in [0.05, 0.1) is 10.7 Å². The van der Waals surface area contributed by atoms with Crippen LogP contribution in [0.3, 0.4) is 0 Å². The van der Waals surface area contributed by atoms with E-state index in [1.807, 2.05) is 0 Å². The van der Waals surface area contributed by atoms with Crippen LogP contribution in [-0.2, 0) is 0 Å². The molecule has 18 heavy (non-hydrogen) atoms. The van der Waals surface area contributed by atoms with Crippen molar-refractivity contribution in [2.45, 2.75) is 33.1 Å². The van der Waals surface area contributed by atoms with Crippen LogP contribution in [0.2, 0.25) is 5.02 Å². The van der Waals surface area contributed by atoms with Gasteiger partial charge >= 0.3 is 0 Å². The molecule has 1 aromatic rings. The Morgan fingerprint density at radius 1 is 1.39 bits per heavy atom. The first-order valence-electron chi connectivity index (χ1n) is 6.83. The van der Waals surface area contributed by atoms with Gasteiger partial charge in [0.1, 0.15) is 0 Å². The molecule has 1 aromatic carbocycles. The molecule has 3 heteroatoms. The molecular formula is C15H23ClN2. The third-order valence-electron chi connectivity index (χ3n) is 3.81. The summed E-state index contributed by atoms with van der Waals surface area (Å²) >= 11 is 6.43. The standard InChI is InChI=1S/C15H23ClN2/c1-11-8-12(2)15(14(16)9-11)18-7-3-4-13(10-18)5-6-17/h8-9,13H,3-7,10,17H2,1-2H3. The molecule has 0 spiro atoms. The molecule has 1 fully saturated rings. The number of rotatable bonds is 3. The number of anilines is 1. The molecule has 0 saturated carbocycles. The van der Waals surface area contributed by atoms with Gasteiger partial charge in [-0.2, -0.15) is 0 Å². The second kappa shape index (κ2) is 5.94. The predicted molar refractivity (Wildman–Crippen MR) is 79.5 cm³/mol. The van der Waals surface area contributed by atoms with Crippen LogP contribution in [0.4, 0.5) is 5.69 Å². The van der Waals surface area contributed by atoms with Crippen LogP contribution >= 0.6 is 11.6 Å². The highest BCUT2D eigenvalue weighted by atomic mass is 35.5. The quantitative estimate of drug-likeness (QED) is 0.907. The second-order valence-electron chi connectivity index (χ2n) is 5.44. The highest BCUT2D eigenvalue weighted by Gasteiger charge is 2.22. The molecule has 0 aromatic heterocycles. The molecule has 0 bridgehead atoms. The molecule has 1 unspecified atom stereocenters. The molecule has 1 aliphatic heterocycles. The molecule has 2 rings (SSSR count). The van der Waals surface area contributed by atoms with Crippen molar-refractivity contribution in [2.75, 3.05) is 24.5 Å². The van der Waals surface area contributed by atoms with E-state index in [4.69, 9.17) is 17.3 Å². The fourth-order valence-corrected chi connectivity index (χ4v) is 3.49. The first-order valence-corrected chi connectivity index (χ1v) is 7.21. The average Bonchev–Trinajstić information content (AvgIpc) is 2.28. The summed E-state index contributed by atoms with van der Waals surface area (Å²) in [6.07, 6.45) is 3.67. The van der Waals surface area contributed by atoms with Crippen LogP contribution < -0.4 is 10.6 Å². The van der Waals surface area contributed by atoms with Crippen molar-refractivity contribution in [1.29, 1.82) is 0 Å². The van der Waals surface area contributed by atoms with Crippen molar-refractivity contribution in [2.24, 2.45) is 11.7 Å².